The molecule has 2 fully saturated rings. The van der Waals surface area contributed by atoms with E-state index in [9.17, 15) is 4.39 Å². The fraction of sp³-hybridized carbons (Fsp3) is 1.00. The molecule has 0 aromatic carbocycles. The first-order chi connectivity index (χ1) is 6.21. The van der Waals surface area contributed by atoms with E-state index in [-0.39, 0.29) is 12.1 Å². The predicted molar refractivity (Wildman–Crippen MR) is 51.6 cm³/mol. The number of nitrogens with one attached hydrogen (secondary N) is 2. The maximum atomic E-state index is 14.4. The van der Waals surface area contributed by atoms with Gasteiger partial charge in [0.05, 0.1) is 0 Å². The number of rotatable bonds is 2. The quantitative estimate of drug-likeness (QED) is 0.677. The molecule has 0 aliphatic carbocycles. The van der Waals surface area contributed by atoms with Crippen molar-refractivity contribution in [2.45, 2.75) is 50.4 Å². The highest BCUT2D eigenvalue weighted by atomic mass is 19.1. The van der Waals surface area contributed by atoms with E-state index in [4.69, 9.17) is 0 Å². The summed E-state index contributed by atoms with van der Waals surface area (Å²) >= 11 is 0. The van der Waals surface area contributed by atoms with E-state index in [0.29, 0.717) is 0 Å². The molecule has 2 saturated heterocycles. The van der Waals surface area contributed by atoms with Crippen molar-refractivity contribution in [2.24, 2.45) is 0 Å². The monoisotopic (exact) mass is 186 g/mol. The Morgan fingerprint density at radius 1 is 1.08 bits per heavy atom. The molecule has 0 bridgehead atoms. The number of hydrogen-bond acceptors (Lipinski definition) is 2. The SMILES string of the molecule is CC(F)(C1CCCN1)C1CCCN1. The van der Waals surface area contributed by atoms with Crippen molar-refractivity contribution in [3.05, 3.63) is 0 Å². The van der Waals surface area contributed by atoms with Gasteiger partial charge < -0.3 is 10.6 Å². The van der Waals surface area contributed by atoms with Crippen LogP contribution in [0.4, 0.5) is 4.39 Å². The third-order valence-corrected chi connectivity index (χ3v) is 3.48. The lowest BCUT2D eigenvalue weighted by Gasteiger charge is -2.33. The van der Waals surface area contributed by atoms with Gasteiger partial charge >= 0.3 is 0 Å². The van der Waals surface area contributed by atoms with Crippen LogP contribution in [0, 0.1) is 0 Å². The summed E-state index contributed by atoms with van der Waals surface area (Å²) in [5.74, 6) is 0. The summed E-state index contributed by atoms with van der Waals surface area (Å²) in [6.45, 7) is 3.72. The molecule has 3 heteroatoms. The third-order valence-electron chi connectivity index (χ3n) is 3.48. The van der Waals surface area contributed by atoms with E-state index in [1.54, 1.807) is 6.92 Å². The second kappa shape index (κ2) is 3.54. The standard InChI is InChI=1S/C10H19FN2/c1-10(11,8-4-2-6-12-8)9-5-3-7-13-9/h8-9,12-13H,2-7H2,1H3. The fourth-order valence-corrected chi connectivity index (χ4v) is 2.58. The first-order valence-electron chi connectivity index (χ1n) is 5.37. The van der Waals surface area contributed by atoms with E-state index in [1.807, 2.05) is 0 Å². The summed E-state index contributed by atoms with van der Waals surface area (Å²) in [6, 6.07) is 0.145. The molecule has 2 aliphatic heterocycles. The molecular weight excluding hydrogens is 167 g/mol. The van der Waals surface area contributed by atoms with Crippen molar-refractivity contribution in [3.63, 3.8) is 0 Å². The third kappa shape index (κ3) is 1.72. The first kappa shape index (κ1) is 9.41. The largest absolute Gasteiger partial charge is 0.311 e. The zero-order valence-electron chi connectivity index (χ0n) is 8.28. The molecule has 2 unspecified atom stereocenters. The van der Waals surface area contributed by atoms with Gasteiger partial charge in [0.1, 0.15) is 5.67 Å². The maximum Gasteiger partial charge on any atom is 0.138 e. The lowest BCUT2D eigenvalue weighted by atomic mass is 9.88. The number of hydrogen-bond donors (Lipinski definition) is 2. The lowest BCUT2D eigenvalue weighted by Crippen LogP contribution is -2.53. The first-order valence-corrected chi connectivity index (χ1v) is 5.37. The topological polar surface area (TPSA) is 24.1 Å². The molecule has 0 radical (unpaired) electrons. The van der Waals surface area contributed by atoms with Gasteiger partial charge in [0.15, 0.2) is 0 Å². The second-order valence-electron chi connectivity index (χ2n) is 4.45. The van der Waals surface area contributed by atoms with Crippen molar-refractivity contribution in [1.29, 1.82) is 0 Å². The second-order valence-corrected chi connectivity index (χ2v) is 4.45. The minimum absolute atomic E-state index is 0.0723. The molecule has 0 spiro atoms. The molecule has 2 nitrogen and oxygen atoms in total. The molecule has 2 heterocycles. The lowest BCUT2D eigenvalue weighted by molar-refractivity contribution is 0.0933. The summed E-state index contributed by atoms with van der Waals surface area (Å²) in [5, 5.41) is 6.52. The average Bonchev–Trinajstić information content (AvgIpc) is 2.78. The minimum atomic E-state index is -1.06. The molecule has 0 aromatic heterocycles. The van der Waals surface area contributed by atoms with E-state index in [2.05, 4.69) is 10.6 Å². The van der Waals surface area contributed by atoms with Crippen molar-refractivity contribution in [3.8, 4) is 0 Å². The van der Waals surface area contributed by atoms with Gasteiger partial charge in [-0.2, -0.15) is 0 Å². The summed E-state index contributed by atoms with van der Waals surface area (Å²) in [6.07, 6.45) is 4.23. The van der Waals surface area contributed by atoms with Crippen LogP contribution < -0.4 is 10.6 Å². The summed E-state index contributed by atoms with van der Waals surface area (Å²) < 4.78 is 14.4. The Kier molecular flexibility index (Phi) is 2.56. The van der Waals surface area contributed by atoms with Gasteiger partial charge in [-0.15, -0.1) is 0 Å². The van der Waals surface area contributed by atoms with Crippen LogP contribution in [0.25, 0.3) is 0 Å². The average molecular weight is 186 g/mol. The zero-order chi connectivity index (χ0) is 9.31. The molecule has 76 valence electrons. The van der Waals surface area contributed by atoms with Crippen LogP contribution in [-0.2, 0) is 0 Å². The molecule has 0 amide bonds. The summed E-state index contributed by atoms with van der Waals surface area (Å²) in [5.41, 5.74) is -1.06. The summed E-state index contributed by atoms with van der Waals surface area (Å²) in [7, 11) is 0. The highest BCUT2D eigenvalue weighted by molar-refractivity contribution is 5.01. The van der Waals surface area contributed by atoms with Gasteiger partial charge in [-0.05, 0) is 45.7 Å². The van der Waals surface area contributed by atoms with Gasteiger partial charge in [-0.3, -0.25) is 0 Å². The Morgan fingerprint density at radius 3 is 1.85 bits per heavy atom. The molecule has 0 saturated carbocycles. The smallest absolute Gasteiger partial charge is 0.138 e. The Labute approximate surface area is 79.3 Å². The Balaban J connectivity index is 1.99. The highest BCUT2D eigenvalue weighted by Gasteiger charge is 2.43. The molecule has 2 atom stereocenters. The van der Waals surface area contributed by atoms with E-state index >= 15 is 0 Å². The fourth-order valence-electron chi connectivity index (χ4n) is 2.58. The predicted octanol–water partition coefficient (Wildman–Crippen LogP) is 1.22. The number of alkyl halides is 1. The maximum absolute atomic E-state index is 14.4. The van der Waals surface area contributed by atoms with Crippen LogP contribution >= 0.6 is 0 Å². The minimum Gasteiger partial charge on any atom is -0.311 e. The van der Waals surface area contributed by atoms with Crippen molar-refractivity contribution >= 4 is 0 Å². The Hall–Kier alpha value is -0.150. The van der Waals surface area contributed by atoms with Crippen LogP contribution in [0.1, 0.15) is 32.6 Å². The van der Waals surface area contributed by atoms with Crippen LogP contribution in [-0.4, -0.2) is 30.8 Å². The van der Waals surface area contributed by atoms with Gasteiger partial charge in [0.2, 0.25) is 0 Å². The van der Waals surface area contributed by atoms with Gasteiger partial charge in [0, 0.05) is 12.1 Å². The van der Waals surface area contributed by atoms with E-state index < -0.39 is 5.67 Å². The number of halogens is 1. The van der Waals surface area contributed by atoms with Crippen LogP contribution in [0.15, 0.2) is 0 Å². The highest BCUT2D eigenvalue weighted by Crippen LogP contribution is 2.30. The molecular formula is C10H19FN2. The molecule has 13 heavy (non-hydrogen) atoms. The van der Waals surface area contributed by atoms with Gasteiger partial charge in [-0.25, -0.2) is 4.39 Å². The van der Waals surface area contributed by atoms with E-state index in [0.717, 1.165) is 38.8 Å². The van der Waals surface area contributed by atoms with Crippen molar-refractivity contribution in [1.82, 2.24) is 10.6 Å². The van der Waals surface area contributed by atoms with E-state index in [1.165, 1.54) is 0 Å². The normalized spacial score (nSPS) is 39.2. The van der Waals surface area contributed by atoms with Crippen molar-refractivity contribution < 1.29 is 4.39 Å². The van der Waals surface area contributed by atoms with Crippen LogP contribution in [0.5, 0.6) is 0 Å². The molecule has 0 aromatic rings. The molecule has 2 aliphatic rings. The Morgan fingerprint density at radius 2 is 1.54 bits per heavy atom. The Bertz CT molecular complexity index is 152. The summed E-state index contributed by atoms with van der Waals surface area (Å²) in [4.78, 5) is 0. The van der Waals surface area contributed by atoms with Crippen molar-refractivity contribution in [2.75, 3.05) is 13.1 Å². The molecule has 2 N–H and O–H groups in total. The van der Waals surface area contributed by atoms with Gasteiger partial charge in [-0.1, -0.05) is 0 Å². The zero-order valence-corrected chi connectivity index (χ0v) is 8.28. The molecule has 2 rings (SSSR count). The van der Waals surface area contributed by atoms with Crippen LogP contribution in [0.3, 0.4) is 0 Å². The van der Waals surface area contributed by atoms with Gasteiger partial charge in [0.25, 0.3) is 0 Å². The van der Waals surface area contributed by atoms with Crippen LogP contribution in [0.2, 0.25) is 0 Å².